The topological polar surface area (TPSA) is 68.2 Å². The Bertz CT molecular complexity index is 1260. The molecule has 7 heteroatoms. The number of fused-ring (bicyclic) bond motifs is 1. The Labute approximate surface area is 165 Å². The van der Waals surface area contributed by atoms with Crippen molar-refractivity contribution in [1.29, 1.82) is 0 Å². The predicted molar refractivity (Wildman–Crippen MR) is 108 cm³/mol. The molecule has 0 atom stereocenters. The Hall–Kier alpha value is -3.64. The number of hydrogen-bond donors (Lipinski definition) is 1. The molecular formula is C21H14ClN5O. The molecule has 1 N–H and O–H groups in total. The summed E-state index contributed by atoms with van der Waals surface area (Å²) < 4.78 is 3.67. The van der Waals surface area contributed by atoms with Crippen molar-refractivity contribution in [1.82, 2.24) is 24.4 Å². The van der Waals surface area contributed by atoms with Crippen LogP contribution in [0.3, 0.4) is 0 Å². The normalized spacial score (nSPS) is 11.2. The molecule has 0 amide bonds. The maximum atomic E-state index is 9.56. The van der Waals surface area contributed by atoms with Crippen molar-refractivity contribution in [2.45, 2.75) is 0 Å². The number of aromatic hydroxyl groups is 1. The lowest BCUT2D eigenvalue weighted by Crippen LogP contribution is -1.98. The lowest BCUT2D eigenvalue weighted by atomic mass is 10.2. The molecule has 0 saturated carbocycles. The second kappa shape index (κ2) is 6.51. The minimum atomic E-state index is 0.196. The molecular weight excluding hydrogens is 374 g/mol. The van der Waals surface area contributed by atoms with Crippen molar-refractivity contribution in [3.8, 4) is 34.2 Å². The molecule has 5 rings (SSSR count). The van der Waals surface area contributed by atoms with Crippen LogP contribution >= 0.6 is 11.6 Å². The highest BCUT2D eigenvalue weighted by Gasteiger charge is 2.20. The molecule has 0 unspecified atom stereocenters. The van der Waals surface area contributed by atoms with Crippen LogP contribution in [0.2, 0.25) is 5.02 Å². The minimum Gasteiger partial charge on any atom is -0.508 e. The molecule has 3 aromatic carbocycles. The van der Waals surface area contributed by atoms with E-state index in [0.717, 1.165) is 22.6 Å². The Morgan fingerprint density at radius 1 is 0.714 bits per heavy atom. The summed E-state index contributed by atoms with van der Waals surface area (Å²) in [5.41, 5.74) is 2.65. The Morgan fingerprint density at radius 3 is 2.07 bits per heavy atom. The van der Waals surface area contributed by atoms with Crippen LogP contribution in [-0.2, 0) is 0 Å². The summed E-state index contributed by atoms with van der Waals surface area (Å²) in [5, 5.41) is 23.7. The van der Waals surface area contributed by atoms with Gasteiger partial charge >= 0.3 is 0 Å². The second-order valence-corrected chi connectivity index (χ2v) is 6.72. The van der Waals surface area contributed by atoms with Crippen molar-refractivity contribution in [3.05, 3.63) is 83.9 Å². The van der Waals surface area contributed by atoms with E-state index in [2.05, 4.69) is 10.2 Å². The van der Waals surface area contributed by atoms with Gasteiger partial charge in [-0.3, -0.25) is 4.57 Å². The van der Waals surface area contributed by atoms with Gasteiger partial charge in [0.25, 0.3) is 5.78 Å². The van der Waals surface area contributed by atoms with Crippen molar-refractivity contribution in [2.75, 3.05) is 0 Å². The monoisotopic (exact) mass is 387 g/mol. The van der Waals surface area contributed by atoms with E-state index in [4.69, 9.17) is 16.7 Å². The molecule has 0 radical (unpaired) electrons. The molecule has 0 aliphatic heterocycles. The number of nitrogens with zero attached hydrogens (tertiary/aromatic N) is 5. The third-order valence-corrected chi connectivity index (χ3v) is 4.73. The minimum absolute atomic E-state index is 0.196. The summed E-state index contributed by atoms with van der Waals surface area (Å²) in [5.74, 6) is 2.12. The molecule has 0 aliphatic carbocycles. The van der Waals surface area contributed by atoms with Gasteiger partial charge in [0, 0.05) is 16.1 Å². The van der Waals surface area contributed by atoms with Gasteiger partial charge in [-0.1, -0.05) is 29.8 Å². The van der Waals surface area contributed by atoms with E-state index < -0.39 is 0 Å². The van der Waals surface area contributed by atoms with Gasteiger partial charge in [-0.25, -0.2) is 0 Å². The van der Waals surface area contributed by atoms with Gasteiger partial charge in [0.15, 0.2) is 11.6 Å². The molecule has 2 aromatic heterocycles. The van der Waals surface area contributed by atoms with E-state index in [1.807, 2.05) is 59.2 Å². The van der Waals surface area contributed by atoms with E-state index in [0.29, 0.717) is 16.6 Å². The van der Waals surface area contributed by atoms with Gasteiger partial charge in [0.1, 0.15) is 5.75 Å². The second-order valence-electron chi connectivity index (χ2n) is 6.28. The zero-order chi connectivity index (χ0) is 19.1. The number of hydrogen-bond acceptors (Lipinski definition) is 4. The van der Waals surface area contributed by atoms with Crippen LogP contribution in [0.5, 0.6) is 5.75 Å². The first kappa shape index (κ1) is 16.5. The Balaban J connectivity index is 1.78. The van der Waals surface area contributed by atoms with Crippen LogP contribution in [-0.4, -0.2) is 29.5 Å². The summed E-state index contributed by atoms with van der Waals surface area (Å²) in [6.07, 6.45) is 0. The lowest BCUT2D eigenvalue weighted by Gasteiger charge is -2.06. The highest BCUT2D eigenvalue weighted by Crippen LogP contribution is 2.28. The maximum absolute atomic E-state index is 9.56. The zero-order valence-corrected chi connectivity index (χ0v) is 15.3. The van der Waals surface area contributed by atoms with Gasteiger partial charge in [0.2, 0.25) is 0 Å². The van der Waals surface area contributed by atoms with E-state index >= 15 is 0 Å². The van der Waals surface area contributed by atoms with Gasteiger partial charge in [0.05, 0.1) is 5.69 Å². The SMILES string of the molecule is Oc1ccc(-c2nnc3n(-c4ccccc4)c(-c4ccc(Cl)cc4)nn23)cc1. The number of aromatic nitrogens is 5. The maximum Gasteiger partial charge on any atom is 0.259 e. The first-order chi connectivity index (χ1) is 13.7. The summed E-state index contributed by atoms with van der Waals surface area (Å²) in [7, 11) is 0. The fourth-order valence-corrected chi connectivity index (χ4v) is 3.25. The number of halogens is 1. The summed E-state index contributed by atoms with van der Waals surface area (Å²) in [4.78, 5) is 0. The van der Waals surface area contributed by atoms with Crippen LogP contribution in [0.1, 0.15) is 0 Å². The van der Waals surface area contributed by atoms with Crippen LogP contribution in [0.25, 0.3) is 34.2 Å². The summed E-state index contributed by atoms with van der Waals surface area (Å²) in [6.45, 7) is 0. The first-order valence-corrected chi connectivity index (χ1v) is 9.03. The van der Waals surface area contributed by atoms with Crippen LogP contribution in [0.15, 0.2) is 78.9 Å². The lowest BCUT2D eigenvalue weighted by molar-refractivity contribution is 0.475. The summed E-state index contributed by atoms with van der Waals surface area (Å²) >= 11 is 6.06. The Kier molecular flexibility index (Phi) is 3.84. The molecule has 0 saturated heterocycles. The number of rotatable bonds is 3. The highest BCUT2D eigenvalue weighted by atomic mass is 35.5. The fraction of sp³-hybridized carbons (Fsp3) is 0. The van der Waals surface area contributed by atoms with E-state index in [1.165, 1.54) is 0 Å². The van der Waals surface area contributed by atoms with E-state index in [-0.39, 0.29) is 5.75 Å². The smallest absolute Gasteiger partial charge is 0.259 e. The molecule has 28 heavy (non-hydrogen) atoms. The molecule has 5 aromatic rings. The van der Waals surface area contributed by atoms with Crippen LogP contribution in [0.4, 0.5) is 0 Å². The largest absolute Gasteiger partial charge is 0.508 e. The van der Waals surface area contributed by atoms with E-state index in [9.17, 15) is 5.11 Å². The van der Waals surface area contributed by atoms with E-state index in [1.54, 1.807) is 28.8 Å². The van der Waals surface area contributed by atoms with Gasteiger partial charge in [-0.2, -0.15) is 4.52 Å². The third kappa shape index (κ3) is 2.71. The predicted octanol–water partition coefficient (Wildman–Crippen LogP) is 4.61. The van der Waals surface area contributed by atoms with Crippen LogP contribution < -0.4 is 0 Å². The zero-order valence-electron chi connectivity index (χ0n) is 14.6. The van der Waals surface area contributed by atoms with Gasteiger partial charge < -0.3 is 5.11 Å². The van der Waals surface area contributed by atoms with Crippen molar-refractivity contribution < 1.29 is 5.11 Å². The number of phenolic OH excluding ortho intramolecular Hbond substituents is 1. The van der Waals surface area contributed by atoms with Gasteiger partial charge in [-0.15, -0.1) is 15.3 Å². The summed E-state index contributed by atoms with van der Waals surface area (Å²) in [6, 6.07) is 24.2. The Morgan fingerprint density at radius 2 is 1.36 bits per heavy atom. The van der Waals surface area contributed by atoms with Gasteiger partial charge in [-0.05, 0) is 60.7 Å². The molecule has 136 valence electrons. The number of para-hydroxylation sites is 1. The quantitative estimate of drug-likeness (QED) is 0.491. The molecule has 6 nitrogen and oxygen atoms in total. The average Bonchev–Trinajstić information content (AvgIpc) is 3.29. The fourth-order valence-electron chi connectivity index (χ4n) is 3.13. The average molecular weight is 388 g/mol. The van der Waals surface area contributed by atoms with Crippen LogP contribution in [0, 0.1) is 0 Å². The van der Waals surface area contributed by atoms with Crippen molar-refractivity contribution >= 4 is 17.4 Å². The number of phenols is 1. The molecule has 0 bridgehead atoms. The van der Waals surface area contributed by atoms with Crippen molar-refractivity contribution in [2.24, 2.45) is 0 Å². The van der Waals surface area contributed by atoms with Crippen molar-refractivity contribution in [3.63, 3.8) is 0 Å². The standard InChI is InChI=1S/C21H14ClN5O/c22-16-10-6-15(7-11-16)20-25-27-19(14-8-12-18(28)13-9-14)23-24-21(27)26(20)17-4-2-1-3-5-17/h1-13,28H. The third-order valence-electron chi connectivity index (χ3n) is 4.47. The molecule has 0 spiro atoms. The first-order valence-electron chi connectivity index (χ1n) is 8.65. The molecule has 2 heterocycles. The highest BCUT2D eigenvalue weighted by molar-refractivity contribution is 6.30. The molecule has 0 aliphatic rings. The number of benzene rings is 3. The molecule has 0 fully saturated rings.